The van der Waals surface area contributed by atoms with Gasteiger partial charge < -0.3 is 14.7 Å². The van der Waals surface area contributed by atoms with Crippen molar-refractivity contribution >= 4 is 68.6 Å². The molecular formula is C74H73BN4. The maximum atomic E-state index is 4.87. The predicted molar refractivity (Wildman–Crippen MR) is 335 cm³/mol. The van der Waals surface area contributed by atoms with E-state index in [9.17, 15) is 0 Å². The largest absolute Gasteiger partial charge is 0.330 e. The molecule has 2 aliphatic carbocycles. The van der Waals surface area contributed by atoms with Crippen LogP contribution in [-0.4, -0.2) is 11.7 Å². The highest BCUT2D eigenvalue weighted by Gasteiger charge is 2.60. The van der Waals surface area contributed by atoms with Gasteiger partial charge in [-0.3, -0.25) is 4.98 Å². The molecule has 2 atom stereocenters. The summed E-state index contributed by atoms with van der Waals surface area (Å²) in [5.41, 5.74) is 30.7. The number of rotatable bonds is 5. The number of nitrogens with zero attached hydrogens (tertiary/aromatic N) is 4. The fourth-order valence-electron chi connectivity index (χ4n) is 15.2. The van der Waals surface area contributed by atoms with E-state index < -0.39 is 5.54 Å². The van der Waals surface area contributed by atoms with E-state index in [1.54, 1.807) is 0 Å². The minimum absolute atomic E-state index is 0.000137. The van der Waals surface area contributed by atoms with Gasteiger partial charge in [-0.2, -0.15) is 0 Å². The van der Waals surface area contributed by atoms with Gasteiger partial charge in [0.05, 0.1) is 16.9 Å². The van der Waals surface area contributed by atoms with Gasteiger partial charge in [-0.05, 0) is 208 Å². The molecule has 14 rings (SSSR count). The molecule has 2 unspecified atom stereocenters. The molecule has 0 radical (unpaired) electrons. The summed E-state index contributed by atoms with van der Waals surface area (Å²) in [6.07, 6.45) is 6.13. The van der Waals surface area contributed by atoms with Crippen LogP contribution >= 0.6 is 0 Å². The summed E-state index contributed by atoms with van der Waals surface area (Å²) < 4.78 is 0. The molecular weight excluding hydrogens is 956 g/mol. The lowest BCUT2D eigenvalue weighted by atomic mass is 9.33. The van der Waals surface area contributed by atoms with E-state index in [2.05, 4.69) is 262 Å². The van der Waals surface area contributed by atoms with Gasteiger partial charge in [0.25, 0.3) is 6.71 Å². The Morgan fingerprint density at radius 3 is 1.85 bits per heavy atom. The van der Waals surface area contributed by atoms with Gasteiger partial charge >= 0.3 is 0 Å². The van der Waals surface area contributed by atoms with Crippen LogP contribution in [0.5, 0.6) is 0 Å². The zero-order valence-corrected chi connectivity index (χ0v) is 48.4. The smallest absolute Gasteiger partial charge is 0.252 e. The van der Waals surface area contributed by atoms with Gasteiger partial charge in [0, 0.05) is 62.6 Å². The molecule has 1 aromatic heterocycles. The van der Waals surface area contributed by atoms with Crippen molar-refractivity contribution in [2.24, 2.45) is 5.41 Å². The van der Waals surface area contributed by atoms with Crippen LogP contribution in [0.2, 0.25) is 0 Å². The van der Waals surface area contributed by atoms with Crippen LogP contribution in [0, 0.1) is 19.3 Å². The molecule has 0 spiro atoms. The third kappa shape index (κ3) is 7.43. The van der Waals surface area contributed by atoms with Crippen LogP contribution in [0.1, 0.15) is 126 Å². The topological polar surface area (TPSA) is 22.6 Å². The Kier molecular flexibility index (Phi) is 10.8. The second-order valence-electron chi connectivity index (χ2n) is 27.2. The normalized spacial score (nSPS) is 19.3. The number of fused-ring (bicyclic) bond motifs is 10. The van der Waals surface area contributed by atoms with E-state index in [1.165, 1.54) is 123 Å². The van der Waals surface area contributed by atoms with Gasteiger partial charge in [-0.1, -0.05) is 159 Å². The molecule has 9 aromatic rings. The van der Waals surface area contributed by atoms with Gasteiger partial charge in [0.2, 0.25) is 0 Å². The summed E-state index contributed by atoms with van der Waals surface area (Å²) in [6.45, 7) is 28.6. The van der Waals surface area contributed by atoms with Gasteiger partial charge in [0.1, 0.15) is 0 Å². The number of pyridine rings is 1. The molecule has 5 heteroatoms. The van der Waals surface area contributed by atoms with Crippen molar-refractivity contribution < 1.29 is 0 Å². The molecule has 8 aromatic carbocycles. The van der Waals surface area contributed by atoms with Crippen molar-refractivity contribution in [2.45, 2.75) is 131 Å². The highest BCUT2D eigenvalue weighted by atomic mass is 15.3. The second-order valence-corrected chi connectivity index (χ2v) is 27.2. The number of aryl methyl sites for hydroxylation is 3. The van der Waals surface area contributed by atoms with Gasteiger partial charge in [-0.15, -0.1) is 0 Å². The lowest BCUT2D eigenvalue weighted by molar-refractivity contribution is 0.245. The van der Waals surface area contributed by atoms with Crippen LogP contribution in [-0.2, 0) is 41.0 Å². The minimum Gasteiger partial charge on any atom is -0.330 e. The van der Waals surface area contributed by atoms with Crippen LogP contribution in [0.25, 0.3) is 22.4 Å². The Hall–Kier alpha value is -7.63. The first-order chi connectivity index (χ1) is 37.7. The minimum atomic E-state index is -0.392. The molecule has 0 bridgehead atoms. The molecule has 4 heterocycles. The van der Waals surface area contributed by atoms with E-state index >= 15 is 0 Å². The maximum absolute atomic E-state index is 4.87. The summed E-state index contributed by atoms with van der Waals surface area (Å²) in [6, 6.07) is 66.2. The molecule has 3 aliphatic heterocycles. The summed E-state index contributed by atoms with van der Waals surface area (Å²) >= 11 is 0. The number of anilines is 8. The summed E-state index contributed by atoms with van der Waals surface area (Å²) in [4.78, 5) is 12.9. The molecule has 392 valence electrons. The predicted octanol–water partition coefficient (Wildman–Crippen LogP) is 17.1. The van der Waals surface area contributed by atoms with Crippen LogP contribution < -0.4 is 31.1 Å². The van der Waals surface area contributed by atoms with E-state index in [4.69, 9.17) is 4.98 Å². The van der Waals surface area contributed by atoms with Crippen LogP contribution in [0.15, 0.2) is 176 Å². The number of benzene rings is 8. The SMILES string of the molecule is Cc1cc2c3c(c1)N(c1ccc(C(C)(C)C)cc1-c1ccccc1)c1cc4c(cc1B3c1ccc(N3c5ccc(-c6ccccn6)cc5C5(C)CCc6ccccc6C35C)cc1N2c1ccc(C(C)(C)C)cc1C)CC(C)(C)C4. The highest BCUT2D eigenvalue weighted by molar-refractivity contribution is 7.00. The Labute approximate surface area is 470 Å². The second kappa shape index (κ2) is 17.2. The van der Waals surface area contributed by atoms with E-state index in [0.717, 1.165) is 36.9 Å². The molecule has 5 aliphatic rings. The quantitative estimate of drug-likeness (QED) is 0.160. The van der Waals surface area contributed by atoms with E-state index in [1.807, 2.05) is 12.3 Å². The van der Waals surface area contributed by atoms with Crippen molar-refractivity contribution in [3.8, 4) is 22.4 Å². The number of hydrogen-bond donors (Lipinski definition) is 0. The van der Waals surface area contributed by atoms with E-state index in [-0.39, 0.29) is 28.4 Å². The highest BCUT2D eigenvalue weighted by Crippen LogP contribution is 2.64. The van der Waals surface area contributed by atoms with Crippen molar-refractivity contribution in [1.29, 1.82) is 0 Å². The molecule has 0 amide bonds. The third-order valence-electron chi connectivity index (χ3n) is 19.4. The average Bonchev–Trinajstić information content (AvgIpc) is 2.92. The maximum Gasteiger partial charge on any atom is 0.252 e. The summed E-state index contributed by atoms with van der Waals surface area (Å²) in [7, 11) is 0. The Balaban J connectivity index is 1.06. The zero-order chi connectivity index (χ0) is 54.7. The van der Waals surface area contributed by atoms with Gasteiger partial charge in [-0.25, -0.2) is 0 Å². The van der Waals surface area contributed by atoms with Crippen molar-refractivity contribution in [3.63, 3.8) is 0 Å². The van der Waals surface area contributed by atoms with Crippen molar-refractivity contribution in [2.75, 3.05) is 14.7 Å². The molecule has 79 heavy (non-hydrogen) atoms. The first kappa shape index (κ1) is 49.7. The molecule has 0 fully saturated rings. The lowest BCUT2D eigenvalue weighted by Crippen LogP contribution is -2.61. The fraction of sp³-hybridized carbons (Fsp3) is 0.284. The number of hydrogen-bond acceptors (Lipinski definition) is 4. The summed E-state index contributed by atoms with van der Waals surface area (Å²) in [5.74, 6) is 0. The standard InChI is InChI=1S/C74H73BN4/c1-46-36-67-69-68(37-46)78(63-32-27-54(71(6,7)8)42-56(63)48-20-14-13-15-21-48)65-41-52-45-72(9,10)44-51(52)40-60(65)75(69)59-29-28-55(43-66(59)77(67)62-31-26-53(38-47(62)2)70(3,4)5)79-64-30-25-50(61-24-18-19-35-76-61)39-58(64)73(11)34-33-49-22-16-17-23-57(49)74(73,79)12/h13-32,35-43H,33-34,44-45H2,1-12H3. The van der Waals surface area contributed by atoms with Crippen molar-refractivity contribution in [3.05, 3.63) is 226 Å². The van der Waals surface area contributed by atoms with Crippen LogP contribution in [0.3, 0.4) is 0 Å². The summed E-state index contributed by atoms with van der Waals surface area (Å²) in [5, 5.41) is 0. The molecule has 4 nitrogen and oxygen atoms in total. The first-order valence-corrected chi connectivity index (χ1v) is 29.0. The molecule has 0 saturated heterocycles. The monoisotopic (exact) mass is 1030 g/mol. The zero-order valence-electron chi connectivity index (χ0n) is 48.4. The Morgan fingerprint density at radius 1 is 0.494 bits per heavy atom. The average molecular weight is 1030 g/mol. The Morgan fingerprint density at radius 2 is 1.14 bits per heavy atom. The Bertz CT molecular complexity index is 3990. The molecule has 0 saturated carbocycles. The first-order valence-electron chi connectivity index (χ1n) is 29.0. The third-order valence-corrected chi connectivity index (χ3v) is 19.4. The lowest BCUT2D eigenvalue weighted by Gasteiger charge is -2.51. The number of aromatic nitrogens is 1. The fourth-order valence-corrected chi connectivity index (χ4v) is 15.2. The van der Waals surface area contributed by atoms with Gasteiger partial charge in [0.15, 0.2) is 0 Å². The van der Waals surface area contributed by atoms with Crippen molar-refractivity contribution in [1.82, 2.24) is 4.98 Å². The van der Waals surface area contributed by atoms with Crippen LogP contribution in [0.4, 0.5) is 45.5 Å². The molecule has 0 N–H and O–H groups in total. The van der Waals surface area contributed by atoms with E-state index in [0.29, 0.717) is 0 Å².